The summed E-state index contributed by atoms with van der Waals surface area (Å²) >= 11 is 0. The van der Waals surface area contributed by atoms with Crippen LogP contribution in [0.1, 0.15) is 109 Å². The third kappa shape index (κ3) is 19.5. The van der Waals surface area contributed by atoms with Crippen LogP contribution in [0.4, 0.5) is 0 Å². The van der Waals surface area contributed by atoms with E-state index < -0.39 is 68.6 Å². The predicted molar refractivity (Wildman–Crippen MR) is 145 cm³/mol. The molecule has 0 fully saturated rings. The van der Waals surface area contributed by atoms with E-state index in [2.05, 4.69) is 9.44 Å². The Labute approximate surface area is 233 Å². The van der Waals surface area contributed by atoms with E-state index in [0.29, 0.717) is 0 Å². The normalized spacial score (nSPS) is 14.7. The van der Waals surface area contributed by atoms with Gasteiger partial charge in [-0.3, -0.25) is 19.2 Å². The van der Waals surface area contributed by atoms with Gasteiger partial charge in [-0.05, 0) is 95.9 Å². The first-order valence-corrected chi connectivity index (χ1v) is 14.4. The summed E-state index contributed by atoms with van der Waals surface area (Å²) in [5.74, 6) is -3.10. The quantitative estimate of drug-likeness (QED) is 0.259. The lowest BCUT2D eigenvalue weighted by atomic mass is 10.1. The van der Waals surface area contributed by atoms with Crippen LogP contribution in [0.3, 0.4) is 0 Å². The highest BCUT2D eigenvalue weighted by Crippen LogP contribution is 2.16. The first kappa shape index (κ1) is 36.8. The second kappa shape index (κ2) is 13.9. The second-order valence-electron chi connectivity index (χ2n) is 13.2. The zero-order valence-corrected chi connectivity index (χ0v) is 26.3. The first-order valence-electron chi connectivity index (χ1n) is 12.9. The highest BCUT2D eigenvalue weighted by atomic mass is 32.2. The van der Waals surface area contributed by atoms with Crippen molar-refractivity contribution in [1.82, 2.24) is 9.44 Å². The molecule has 0 saturated carbocycles. The van der Waals surface area contributed by atoms with E-state index in [4.69, 9.17) is 18.9 Å². The topological polar surface area (TPSA) is 163 Å². The van der Waals surface area contributed by atoms with E-state index in [-0.39, 0.29) is 25.7 Å². The molecule has 0 aliphatic rings. The minimum atomic E-state index is -4.55. The minimum absolute atomic E-state index is 0.264. The van der Waals surface area contributed by atoms with Crippen molar-refractivity contribution in [3.05, 3.63) is 0 Å². The van der Waals surface area contributed by atoms with Crippen molar-refractivity contribution in [1.29, 1.82) is 0 Å². The van der Waals surface area contributed by atoms with Gasteiger partial charge in [-0.2, -0.15) is 17.9 Å². The number of rotatable bonds is 12. The fourth-order valence-electron chi connectivity index (χ4n) is 2.91. The summed E-state index contributed by atoms with van der Waals surface area (Å²) in [5, 5.41) is 0. The predicted octanol–water partition coefficient (Wildman–Crippen LogP) is 3.07. The molecular formula is C26H48N2O10S. The standard InChI is InChI=1S/C26H48N2O10S/c1-23(2,3)35-19(29)15-13-17(21(31)37-25(7,8)9)27-39(33,34)28-18(22(32)38-26(10,11)12)14-16-20(30)36-24(4,5)6/h17-18,27-28H,13-16H2,1-12H3/t17-,18-/m0/s1. The third-order valence-corrected chi connectivity index (χ3v) is 5.28. The van der Waals surface area contributed by atoms with Gasteiger partial charge in [0.05, 0.1) is 0 Å². The van der Waals surface area contributed by atoms with E-state index in [1.807, 2.05) is 0 Å². The van der Waals surface area contributed by atoms with Crippen molar-refractivity contribution in [2.24, 2.45) is 0 Å². The Balaban J connectivity index is 5.83. The molecule has 0 unspecified atom stereocenters. The van der Waals surface area contributed by atoms with Crippen molar-refractivity contribution >= 4 is 34.1 Å². The van der Waals surface area contributed by atoms with Crippen LogP contribution in [0.5, 0.6) is 0 Å². The molecular weight excluding hydrogens is 532 g/mol. The van der Waals surface area contributed by atoms with Gasteiger partial charge >= 0.3 is 23.9 Å². The summed E-state index contributed by atoms with van der Waals surface area (Å²) in [5.41, 5.74) is -3.41. The fraction of sp³-hybridized carbons (Fsp3) is 0.846. The zero-order valence-electron chi connectivity index (χ0n) is 25.5. The number of esters is 4. The Bertz CT molecular complexity index is 893. The summed E-state index contributed by atoms with van der Waals surface area (Å²) in [6.45, 7) is 19.7. The SMILES string of the molecule is CC(C)(C)OC(=O)CC[C@H](NS(=O)(=O)N[C@@H](CCC(=O)OC(C)(C)C)C(=O)OC(C)(C)C)C(=O)OC(C)(C)C. The largest absolute Gasteiger partial charge is 0.460 e. The lowest BCUT2D eigenvalue weighted by Crippen LogP contribution is -2.53. The maximum Gasteiger partial charge on any atom is 0.324 e. The van der Waals surface area contributed by atoms with E-state index in [1.165, 1.54) is 0 Å². The van der Waals surface area contributed by atoms with Crippen molar-refractivity contribution in [2.45, 2.75) is 143 Å². The number of carbonyl (C=O) groups excluding carboxylic acids is 4. The number of hydrogen-bond donors (Lipinski definition) is 2. The molecule has 39 heavy (non-hydrogen) atoms. The molecule has 0 spiro atoms. The molecule has 0 aliphatic heterocycles. The Morgan fingerprint density at radius 3 is 1.03 bits per heavy atom. The number of hydrogen-bond acceptors (Lipinski definition) is 10. The summed E-state index contributed by atoms with van der Waals surface area (Å²) in [4.78, 5) is 50.0. The lowest BCUT2D eigenvalue weighted by molar-refractivity contribution is -0.160. The molecule has 2 atom stereocenters. The fourth-order valence-corrected chi connectivity index (χ4v) is 4.16. The molecule has 0 aromatic carbocycles. The second-order valence-corrected chi connectivity index (χ2v) is 14.6. The Morgan fingerprint density at radius 1 is 0.538 bits per heavy atom. The molecule has 0 bridgehead atoms. The smallest absolute Gasteiger partial charge is 0.324 e. The van der Waals surface area contributed by atoms with Crippen LogP contribution in [-0.4, -0.2) is 66.8 Å². The summed E-state index contributed by atoms with van der Waals surface area (Å²) < 4.78 is 51.6. The van der Waals surface area contributed by atoms with Gasteiger partial charge in [-0.1, -0.05) is 0 Å². The Hall–Kier alpha value is -2.25. The number of carbonyl (C=O) groups is 4. The van der Waals surface area contributed by atoms with Crippen molar-refractivity contribution in [2.75, 3.05) is 0 Å². The van der Waals surface area contributed by atoms with Gasteiger partial charge < -0.3 is 18.9 Å². The highest BCUT2D eigenvalue weighted by molar-refractivity contribution is 7.87. The molecule has 0 radical (unpaired) electrons. The average molecular weight is 581 g/mol. The molecule has 0 saturated heterocycles. The highest BCUT2D eigenvalue weighted by Gasteiger charge is 2.34. The van der Waals surface area contributed by atoms with Crippen LogP contribution in [0, 0.1) is 0 Å². The van der Waals surface area contributed by atoms with E-state index in [9.17, 15) is 27.6 Å². The van der Waals surface area contributed by atoms with Crippen molar-refractivity contribution in [3.63, 3.8) is 0 Å². The third-order valence-electron chi connectivity index (χ3n) is 4.09. The first-order chi connectivity index (χ1) is 17.2. The molecule has 2 N–H and O–H groups in total. The zero-order chi connectivity index (χ0) is 31.0. The maximum absolute atomic E-state index is 13.1. The average Bonchev–Trinajstić information content (AvgIpc) is 2.62. The maximum atomic E-state index is 13.1. The van der Waals surface area contributed by atoms with E-state index in [1.54, 1.807) is 83.1 Å². The molecule has 0 aromatic rings. The molecule has 0 aromatic heterocycles. The van der Waals surface area contributed by atoms with Gasteiger partial charge in [0.25, 0.3) is 10.2 Å². The van der Waals surface area contributed by atoms with Crippen LogP contribution >= 0.6 is 0 Å². The minimum Gasteiger partial charge on any atom is -0.460 e. The number of nitrogens with one attached hydrogen (secondary N) is 2. The van der Waals surface area contributed by atoms with Crippen LogP contribution < -0.4 is 9.44 Å². The summed E-state index contributed by atoms with van der Waals surface area (Å²) in [7, 11) is -4.55. The molecule has 0 heterocycles. The van der Waals surface area contributed by atoms with Gasteiger partial charge in [0.1, 0.15) is 34.5 Å². The summed E-state index contributed by atoms with van der Waals surface area (Å²) in [6.07, 6.45) is -1.09. The van der Waals surface area contributed by atoms with Crippen molar-refractivity contribution in [3.8, 4) is 0 Å². The molecule has 228 valence electrons. The van der Waals surface area contributed by atoms with Crippen LogP contribution in [0.25, 0.3) is 0 Å². The Morgan fingerprint density at radius 2 is 0.795 bits per heavy atom. The van der Waals surface area contributed by atoms with Gasteiger partial charge in [-0.25, -0.2) is 0 Å². The molecule has 0 rings (SSSR count). The van der Waals surface area contributed by atoms with Crippen LogP contribution in [0.2, 0.25) is 0 Å². The molecule has 0 aliphatic carbocycles. The lowest BCUT2D eigenvalue weighted by Gasteiger charge is -2.27. The van der Waals surface area contributed by atoms with E-state index >= 15 is 0 Å². The van der Waals surface area contributed by atoms with E-state index in [0.717, 1.165) is 0 Å². The summed E-state index contributed by atoms with van der Waals surface area (Å²) in [6, 6.07) is -2.95. The van der Waals surface area contributed by atoms with Gasteiger partial charge in [-0.15, -0.1) is 0 Å². The monoisotopic (exact) mass is 580 g/mol. The van der Waals surface area contributed by atoms with Gasteiger partial charge in [0.2, 0.25) is 0 Å². The molecule has 13 heteroatoms. The van der Waals surface area contributed by atoms with Crippen molar-refractivity contribution < 1.29 is 46.5 Å². The van der Waals surface area contributed by atoms with Gasteiger partial charge in [0, 0.05) is 12.8 Å². The van der Waals surface area contributed by atoms with Crippen LogP contribution in [0.15, 0.2) is 0 Å². The molecule has 12 nitrogen and oxygen atoms in total. The molecule has 0 amide bonds. The number of ether oxygens (including phenoxy) is 4. The Kier molecular flexibility index (Phi) is 13.1. The van der Waals surface area contributed by atoms with Crippen LogP contribution in [-0.2, 0) is 48.3 Å². The van der Waals surface area contributed by atoms with Gasteiger partial charge in [0.15, 0.2) is 0 Å².